The van der Waals surface area contributed by atoms with Crippen molar-refractivity contribution in [2.45, 2.75) is 40.2 Å². The van der Waals surface area contributed by atoms with Gasteiger partial charge in [0.15, 0.2) is 0 Å². The van der Waals surface area contributed by atoms with Gasteiger partial charge in [-0.05, 0) is 55.0 Å². The van der Waals surface area contributed by atoms with Crippen molar-refractivity contribution in [3.05, 3.63) is 28.8 Å². The van der Waals surface area contributed by atoms with Crippen LogP contribution in [0.4, 0.5) is 0 Å². The molecule has 0 fully saturated rings. The number of rotatable bonds is 5. The van der Waals surface area contributed by atoms with Crippen molar-refractivity contribution in [1.29, 1.82) is 0 Å². The molecule has 0 saturated carbocycles. The lowest BCUT2D eigenvalue weighted by Crippen LogP contribution is -2.28. The highest BCUT2D eigenvalue weighted by atomic mass is 16.5. The van der Waals surface area contributed by atoms with Crippen LogP contribution in [0, 0.1) is 19.3 Å². The highest BCUT2D eigenvalue weighted by molar-refractivity contribution is 5.42. The summed E-state index contributed by atoms with van der Waals surface area (Å²) in [6.45, 7) is 9.07. The highest BCUT2D eigenvalue weighted by Crippen LogP contribution is 2.32. The maximum Gasteiger partial charge on any atom is 0.122 e. The lowest BCUT2D eigenvalue weighted by molar-refractivity contribution is 0.317. The molecule has 0 aromatic heterocycles. The van der Waals surface area contributed by atoms with E-state index in [4.69, 9.17) is 16.2 Å². The van der Waals surface area contributed by atoms with Crippen LogP contribution in [0.1, 0.15) is 43.0 Å². The van der Waals surface area contributed by atoms with E-state index in [1.807, 2.05) is 6.92 Å². The topological polar surface area (TPSA) is 61.3 Å². The van der Waals surface area contributed by atoms with E-state index in [1.165, 1.54) is 11.1 Å². The molecule has 0 bridgehead atoms. The van der Waals surface area contributed by atoms with E-state index in [1.54, 1.807) is 7.11 Å². The van der Waals surface area contributed by atoms with Gasteiger partial charge in [0.05, 0.1) is 7.11 Å². The Hall–Kier alpha value is -1.06. The second kappa shape index (κ2) is 5.72. The molecule has 102 valence electrons. The van der Waals surface area contributed by atoms with Gasteiger partial charge < -0.3 is 16.2 Å². The number of nitrogens with two attached hydrogens (primary N) is 2. The molecule has 3 heteroatoms. The van der Waals surface area contributed by atoms with Gasteiger partial charge in [-0.2, -0.15) is 0 Å². The fourth-order valence-electron chi connectivity index (χ4n) is 2.22. The monoisotopic (exact) mass is 250 g/mol. The van der Waals surface area contributed by atoms with E-state index in [0.29, 0.717) is 6.54 Å². The summed E-state index contributed by atoms with van der Waals surface area (Å²) in [4.78, 5) is 0. The van der Waals surface area contributed by atoms with E-state index >= 15 is 0 Å². The molecular weight excluding hydrogens is 224 g/mol. The number of aryl methyl sites for hydroxylation is 2. The smallest absolute Gasteiger partial charge is 0.122 e. The summed E-state index contributed by atoms with van der Waals surface area (Å²) in [5, 5.41) is 0. The quantitative estimate of drug-likeness (QED) is 0.844. The van der Waals surface area contributed by atoms with Crippen LogP contribution in [-0.4, -0.2) is 13.7 Å². The van der Waals surface area contributed by atoms with Gasteiger partial charge in [0.2, 0.25) is 0 Å². The Morgan fingerprint density at radius 1 is 1.22 bits per heavy atom. The van der Waals surface area contributed by atoms with Crippen LogP contribution in [0.3, 0.4) is 0 Å². The Morgan fingerprint density at radius 3 is 2.33 bits per heavy atom. The van der Waals surface area contributed by atoms with Crippen molar-refractivity contribution in [3.8, 4) is 5.75 Å². The zero-order valence-corrected chi connectivity index (χ0v) is 12.2. The predicted molar refractivity (Wildman–Crippen MR) is 76.8 cm³/mol. The molecule has 0 aliphatic heterocycles. The predicted octanol–water partition coefficient (Wildman–Crippen LogP) is 2.69. The molecule has 0 radical (unpaired) electrons. The zero-order valence-electron chi connectivity index (χ0n) is 12.2. The average Bonchev–Trinajstić information content (AvgIpc) is 2.30. The first-order chi connectivity index (χ1) is 8.30. The minimum atomic E-state index is 0.0214. The van der Waals surface area contributed by atoms with Crippen LogP contribution in [-0.2, 0) is 0 Å². The van der Waals surface area contributed by atoms with Gasteiger partial charge in [0.25, 0.3) is 0 Å². The molecule has 0 amide bonds. The molecule has 1 unspecified atom stereocenters. The summed E-state index contributed by atoms with van der Waals surface area (Å²) in [7, 11) is 1.69. The summed E-state index contributed by atoms with van der Waals surface area (Å²) >= 11 is 0. The molecule has 0 aliphatic carbocycles. The van der Waals surface area contributed by atoms with Crippen LogP contribution in [0.2, 0.25) is 0 Å². The molecule has 1 aromatic rings. The van der Waals surface area contributed by atoms with E-state index in [2.05, 4.69) is 32.9 Å². The third-order valence-electron chi connectivity index (χ3n) is 3.51. The van der Waals surface area contributed by atoms with Gasteiger partial charge in [0, 0.05) is 6.04 Å². The molecule has 1 rings (SSSR count). The lowest BCUT2D eigenvalue weighted by Gasteiger charge is -2.27. The standard InChI is InChI=1S/C15H26N2O/c1-10-7-14(18-5)11(2)6-12(10)13(17)8-15(3,4)9-16/h6-7,13H,8-9,16-17H2,1-5H3. The third kappa shape index (κ3) is 3.47. The Labute approximate surface area is 111 Å². The summed E-state index contributed by atoms with van der Waals surface area (Å²) in [5.74, 6) is 0.918. The van der Waals surface area contributed by atoms with Crippen LogP contribution < -0.4 is 16.2 Å². The van der Waals surface area contributed by atoms with Gasteiger partial charge in [-0.25, -0.2) is 0 Å². The Morgan fingerprint density at radius 2 is 1.83 bits per heavy atom. The van der Waals surface area contributed by atoms with E-state index < -0.39 is 0 Å². The normalized spacial score (nSPS) is 13.5. The van der Waals surface area contributed by atoms with E-state index in [-0.39, 0.29) is 11.5 Å². The maximum atomic E-state index is 6.32. The van der Waals surface area contributed by atoms with Crippen molar-refractivity contribution in [2.24, 2.45) is 16.9 Å². The lowest BCUT2D eigenvalue weighted by atomic mass is 9.82. The van der Waals surface area contributed by atoms with Gasteiger partial charge in [-0.1, -0.05) is 19.9 Å². The van der Waals surface area contributed by atoms with Crippen molar-refractivity contribution in [2.75, 3.05) is 13.7 Å². The van der Waals surface area contributed by atoms with Crippen LogP contribution in [0.15, 0.2) is 12.1 Å². The summed E-state index contributed by atoms with van der Waals surface area (Å²) in [6.07, 6.45) is 0.885. The summed E-state index contributed by atoms with van der Waals surface area (Å²) in [6, 6.07) is 4.21. The number of hydrogen-bond donors (Lipinski definition) is 2. The largest absolute Gasteiger partial charge is 0.496 e. The number of ether oxygens (including phenoxy) is 1. The number of hydrogen-bond acceptors (Lipinski definition) is 3. The van der Waals surface area contributed by atoms with Gasteiger partial charge in [-0.3, -0.25) is 0 Å². The minimum Gasteiger partial charge on any atom is -0.496 e. The molecule has 0 heterocycles. The fraction of sp³-hybridized carbons (Fsp3) is 0.600. The fourth-order valence-corrected chi connectivity index (χ4v) is 2.22. The Kier molecular flexibility index (Phi) is 4.77. The second-order valence-electron chi connectivity index (χ2n) is 5.86. The van der Waals surface area contributed by atoms with Gasteiger partial charge in [-0.15, -0.1) is 0 Å². The van der Waals surface area contributed by atoms with Crippen molar-refractivity contribution < 1.29 is 4.74 Å². The van der Waals surface area contributed by atoms with E-state index in [0.717, 1.165) is 17.7 Å². The first-order valence-corrected chi connectivity index (χ1v) is 6.41. The molecule has 1 atom stereocenters. The first kappa shape index (κ1) is 15.0. The molecule has 4 N–H and O–H groups in total. The van der Waals surface area contributed by atoms with Crippen LogP contribution in [0.25, 0.3) is 0 Å². The SMILES string of the molecule is COc1cc(C)c(C(N)CC(C)(C)CN)cc1C. The molecular formula is C15H26N2O. The van der Waals surface area contributed by atoms with Gasteiger partial charge >= 0.3 is 0 Å². The van der Waals surface area contributed by atoms with Crippen molar-refractivity contribution >= 4 is 0 Å². The van der Waals surface area contributed by atoms with E-state index in [9.17, 15) is 0 Å². The first-order valence-electron chi connectivity index (χ1n) is 6.41. The summed E-state index contributed by atoms with van der Waals surface area (Å²) in [5.41, 5.74) is 15.7. The molecule has 3 nitrogen and oxygen atoms in total. The third-order valence-corrected chi connectivity index (χ3v) is 3.51. The number of methoxy groups -OCH3 is 1. The molecule has 0 aliphatic rings. The van der Waals surface area contributed by atoms with Crippen molar-refractivity contribution in [1.82, 2.24) is 0 Å². The molecule has 0 saturated heterocycles. The summed E-state index contributed by atoms with van der Waals surface area (Å²) < 4.78 is 5.32. The Bertz CT molecular complexity index is 413. The Balaban J connectivity index is 2.99. The average molecular weight is 250 g/mol. The molecule has 1 aromatic carbocycles. The highest BCUT2D eigenvalue weighted by Gasteiger charge is 2.22. The molecule has 18 heavy (non-hydrogen) atoms. The number of benzene rings is 1. The van der Waals surface area contributed by atoms with Crippen LogP contribution >= 0.6 is 0 Å². The van der Waals surface area contributed by atoms with Crippen LogP contribution in [0.5, 0.6) is 5.75 Å². The van der Waals surface area contributed by atoms with Gasteiger partial charge in [0.1, 0.15) is 5.75 Å². The second-order valence-corrected chi connectivity index (χ2v) is 5.86. The maximum absolute atomic E-state index is 6.32. The van der Waals surface area contributed by atoms with Crippen molar-refractivity contribution in [3.63, 3.8) is 0 Å². The zero-order chi connectivity index (χ0) is 13.9. The minimum absolute atomic E-state index is 0.0214. The molecule has 0 spiro atoms.